The first-order valence-corrected chi connectivity index (χ1v) is 9.84. The summed E-state index contributed by atoms with van der Waals surface area (Å²) in [5.41, 5.74) is 5.88. The number of hydrogen-bond acceptors (Lipinski definition) is 5. The van der Waals surface area contributed by atoms with Crippen LogP contribution in [0.2, 0.25) is 6.04 Å². The molecule has 1 rings (SSSR count). The zero-order valence-corrected chi connectivity index (χ0v) is 15.6. The van der Waals surface area contributed by atoms with Crippen LogP contribution in [0.25, 0.3) is 0 Å². The van der Waals surface area contributed by atoms with Crippen molar-refractivity contribution in [2.75, 3.05) is 27.4 Å². The van der Waals surface area contributed by atoms with Crippen molar-refractivity contribution in [3.63, 3.8) is 0 Å². The molecule has 0 unspecified atom stereocenters. The second-order valence-electron chi connectivity index (χ2n) is 7.46. The molecule has 1 aliphatic rings. The molecule has 0 radical (unpaired) electrons. The third kappa shape index (κ3) is 5.96. The summed E-state index contributed by atoms with van der Waals surface area (Å²) in [6, 6.07) is 0.786. The van der Waals surface area contributed by atoms with Crippen molar-refractivity contribution in [3.05, 3.63) is 0 Å². The predicted molar refractivity (Wildman–Crippen MR) is 88.2 cm³/mol. The molecule has 0 aliphatic carbocycles. The van der Waals surface area contributed by atoms with Gasteiger partial charge in [-0.25, -0.2) is 0 Å². The molecule has 1 fully saturated rings. The Bertz CT molecular complexity index is 304. The Morgan fingerprint density at radius 3 is 2.05 bits per heavy atom. The van der Waals surface area contributed by atoms with E-state index in [1.54, 1.807) is 14.2 Å². The van der Waals surface area contributed by atoms with Crippen molar-refractivity contribution in [2.45, 2.75) is 64.1 Å². The maximum atomic E-state index is 6.17. The Balaban J connectivity index is 2.62. The van der Waals surface area contributed by atoms with Crippen LogP contribution < -0.4 is 11.1 Å². The normalized spacial score (nSPS) is 22.4. The highest BCUT2D eigenvalue weighted by Gasteiger charge is 2.42. The molecule has 3 N–H and O–H groups in total. The lowest BCUT2D eigenvalue weighted by molar-refractivity contribution is 0.0441. The van der Waals surface area contributed by atoms with E-state index in [1.807, 2.05) is 0 Å². The Kier molecular flexibility index (Phi) is 6.83. The minimum atomic E-state index is -2.54. The maximum Gasteiger partial charge on any atom is 0.500 e. The summed E-state index contributed by atoms with van der Waals surface area (Å²) in [6.07, 6.45) is 3.08. The Morgan fingerprint density at radius 1 is 1.10 bits per heavy atom. The topological polar surface area (TPSA) is 65.7 Å². The zero-order valence-electron chi connectivity index (χ0n) is 14.6. The summed E-state index contributed by atoms with van der Waals surface area (Å²) in [5.74, 6) is 0.520. The number of nitrogens with two attached hydrogens (primary N) is 1. The molecule has 1 saturated heterocycles. The van der Waals surface area contributed by atoms with Gasteiger partial charge in [-0.2, -0.15) is 0 Å². The summed E-state index contributed by atoms with van der Waals surface area (Å²) in [7, 11) is 0.825. The third-order valence-corrected chi connectivity index (χ3v) is 6.94. The van der Waals surface area contributed by atoms with Gasteiger partial charge in [-0.1, -0.05) is 0 Å². The molecule has 21 heavy (non-hydrogen) atoms. The van der Waals surface area contributed by atoms with E-state index in [0.29, 0.717) is 19.1 Å². The molecule has 1 aliphatic heterocycles. The van der Waals surface area contributed by atoms with Crippen molar-refractivity contribution in [1.29, 1.82) is 0 Å². The number of piperidine rings is 1. The van der Waals surface area contributed by atoms with E-state index in [4.69, 9.17) is 19.0 Å². The van der Waals surface area contributed by atoms with Crippen LogP contribution in [0.15, 0.2) is 0 Å². The van der Waals surface area contributed by atoms with Gasteiger partial charge in [0.25, 0.3) is 0 Å². The SMILES string of the molecule is CO[Si](CCCN)(OC)OCC1CC(C)(C)NC(C)(C)C1. The standard InChI is InChI=1S/C15H34N2O3Si/c1-14(2)10-13(11-15(3,4)17-14)12-20-21(18-5,19-6)9-7-8-16/h13,17H,7-12,16H2,1-6H3. The van der Waals surface area contributed by atoms with Crippen LogP contribution in [-0.4, -0.2) is 47.3 Å². The predicted octanol–water partition coefficient (Wildman–Crippen LogP) is 2.14. The molecule has 0 saturated carbocycles. The van der Waals surface area contributed by atoms with Crippen LogP contribution in [0.4, 0.5) is 0 Å². The van der Waals surface area contributed by atoms with Gasteiger partial charge in [0.1, 0.15) is 0 Å². The highest BCUT2D eigenvalue weighted by Crippen LogP contribution is 2.33. The second-order valence-corrected chi connectivity index (χ2v) is 10.4. The van der Waals surface area contributed by atoms with E-state index in [2.05, 4.69) is 33.0 Å². The number of nitrogens with one attached hydrogen (secondary N) is 1. The average Bonchev–Trinajstić information content (AvgIpc) is 2.36. The van der Waals surface area contributed by atoms with Gasteiger partial charge in [0, 0.05) is 37.9 Å². The van der Waals surface area contributed by atoms with Gasteiger partial charge in [-0.05, 0) is 59.4 Å². The molecule has 0 aromatic rings. The van der Waals surface area contributed by atoms with Gasteiger partial charge in [0.15, 0.2) is 0 Å². The molecule has 1 heterocycles. The maximum absolute atomic E-state index is 6.17. The first-order valence-electron chi connectivity index (χ1n) is 7.91. The minimum Gasteiger partial charge on any atom is -0.377 e. The summed E-state index contributed by atoms with van der Waals surface area (Å²) in [4.78, 5) is 0. The van der Waals surface area contributed by atoms with Gasteiger partial charge in [-0.3, -0.25) is 0 Å². The summed E-state index contributed by atoms with van der Waals surface area (Å²) >= 11 is 0. The summed E-state index contributed by atoms with van der Waals surface area (Å²) in [5, 5.41) is 3.70. The molecule has 0 atom stereocenters. The van der Waals surface area contributed by atoms with E-state index in [-0.39, 0.29) is 11.1 Å². The third-order valence-electron chi connectivity index (χ3n) is 4.12. The minimum absolute atomic E-state index is 0.136. The van der Waals surface area contributed by atoms with Crippen molar-refractivity contribution in [1.82, 2.24) is 5.32 Å². The summed E-state index contributed by atoms with van der Waals surface area (Å²) < 4.78 is 17.4. The van der Waals surface area contributed by atoms with Crippen LogP contribution in [0.1, 0.15) is 47.0 Å². The monoisotopic (exact) mass is 318 g/mol. The van der Waals surface area contributed by atoms with Crippen LogP contribution >= 0.6 is 0 Å². The molecular weight excluding hydrogens is 284 g/mol. The van der Waals surface area contributed by atoms with Crippen molar-refractivity contribution in [2.24, 2.45) is 11.7 Å². The largest absolute Gasteiger partial charge is 0.500 e. The Morgan fingerprint density at radius 2 is 1.62 bits per heavy atom. The molecule has 0 amide bonds. The fraction of sp³-hybridized carbons (Fsp3) is 1.00. The fourth-order valence-corrected chi connectivity index (χ4v) is 5.77. The lowest BCUT2D eigenvalue weighted by Gasteiger charge is -2.47. The van der Waals surface area contributed by atoms with Crippen LogP contribution in [0.5, 0.6) is 0 Å². The van der Waals surface area contributed by atoms with Crippen molar-refractivity contribution in [3.8, 4) is 0 Å². The quantitative estimate of drug-likeness (QED) is 0.671. The highest BCUT2D eigenvalue weighted by atomic mass is 28.4. The van der Waals surface area contributed by atoms with E-state index >= 15 is 0 Å². The second kappa shape index (κ2) is 7.52. The smallest absolute Gasteiger partial charge is 0.377 e. The molecule has 6 heteroatoms. The van der Waals surface area contributed by atoms with Crippen molar-refractivity contribution < 1.29 is 13.3 Å². The van der Waals surface area contributed by atoms with E-state index in [1.165, 1.54) is 0 Å². The fourth-order valence-electron chi connectivity index (χ4n) is 3.69. The van der Waals surface area contributed by atoms with E-state index < -0.39 is 8.80 Å². The Hall–Kier alpha value is 0.0169. The van der Waals surface area contributed by atoms with Gasteiger partial charge >= 0.3 is 8.80 Å². The van der Waals surface area contributed by atoms with Crippen molar-refractivity contribution >= 4 is 8.80 Å². The van der Waals surface area contributed by atoms with Crippen LogP contribution in [0.3, 0.4) is 0 Å². The zero-order chi connectivity index (χ0) is 16.1. The lowest BCUT2D eigenvalue weighted by atomic mass is 9.76. The molecule has 0 spiro atoms. The van der Waals surface area contributed by atoms with Crippen LogP contribution in [0, 0.1) is 5.92 Å². The molecule has 0 aromatic carbocycles. The average molecular weight is 319 g/mol. The molecule has 5 nitrogen and oxygen atoms in total. The number of rotatable bonds is 8. The van der Waals surface area contributed by atoms with Gasteiger partial charge < -0.3 is 24.3 Å². The summed E-state index contributed by atoms with van der Waals surface area (Å²) in [6.45, 7) is 10.4. The van der Waals surface area contributed by atoms with Crippen LogP contribution in [-0.2, 0) is 13.3 Å². The Labute approximate surface area is 131 Å². The van der Waals surface area contributed by atoms with Gasteiger partial charge in [-0.15, -0.1) is 0 Å². The molecular formula is C15H34N2O3Si. The highest BCUT2D eigenvalue weighted by molar-refractivity contribution is 6.60. The lowest BCUT2D eigenvalue weighted by Crippen LogP contribution is -2.58. The first kappa shape index (κ1) is 19.1. The number of hydrogen-bond donors (Lipinski definition) is 2. The van der Waals surface area contributed by atoms with E-state index in [9.17, 15) is 0 Å². The van der Waals surface area contributed by atoms with Gasteiger partial charge in [0.05, 0.1) is 0 Å². The molecule has 0 bridgehead atoms. The van der Waals surface area contributed by atoms with E-state index in [0.717, 1.165) is 25.3 Å². The molecule has 126 valence electrons. The molecule has 0 aromatic heterocycles. The first-order chi connectivity index (χ1) is 9.67. The van der Waals surface area contributed by atoms with Gasteiger partial charge in [0.2, 0.25) is 0 Å².